The minimum absolute atomic E-state index is 0.0841. The van der Waals surface area contributed by atoms with Crippen molar-refractivity contribution in [3.05, 3.63) is 35.1 Å². The van der Waals surface area contributed by atoms with E-state index in [1.165, 1.54) is 6.92 Å². The summed E-state index contributed by atoms with van der Waals surface area (Å²) in [6.45, 7) is 7.88. The molecule has 4 heteroatoms. The van der Waals surface area contributed by atoms with Crippen molar-refractivity contribution in [2.75, 3.05) is 0 Å². The fraction of sp³-hybridized carbons (Fsp3) is 0.389. The number of ketones is 1. The predicted molar refractivity (Wildman–Crippen MR) is 84.6 cm³/mol. The molecule has 2 rings (SSSR count). The number of hydrogen-bond acceptors (Lipinski definition) is 4. The van der Waals surface area contributed by atoms with Crippen molar-refractivity contribution < 1.29 is 19.4 Å². The summed E-state index contributed by atoms with van der Waals surface area (Å²) in [5.74, 6) is 5.89. The monoisotopic (exact) mass is 300 g/mol. The molecule has 4 nitrogen and oxygen atoms in total. The molecular formula is C18H20O4. The summed E-state index contributed by atoms with van der Waals surface area (Å²) in [7, 11) is 0. The van der Waals surface area contributed by atoms with Crippen LogP contribution < -0.4 is 0 Å². The highest BCUT2D eigenvalue weighted by molar-refractivity contribution is 5.99. The van der Waals surface area contributed by atoms with Gasteiger partial charge >= 0.3 is 0 Å². The third kappa shape index (κ3) is 3.56. The fourth-order valence-electron chi connectivity index (χ4n) is 1.97. The SMILES string of the molecule is CC(=O)c1cc(C#CC(C)(C)O)c2oc(C(C)(C)O)cc2c1. The third-order valence-electron chi connectivity index (χ3n) is 3.13. The van der Waals surface area contributed by atoms with Crippen molar-refractivity contribution in [1.82, 2.24) is 0 Å². The highest BCUT2D eigenvalue weighted by Crippen LogP contribution is 2.30. The van der Waals surface area contributed by atoms with Crippen molar-refractivity contribution in [3.63, 3.8) is 0 Å². The van der Waals surface area contributed by atoms with Gasteiger partial charge in [0.25, 0.3) is 0 Å². The number of carbonyl (C=O) groups excluding carboxylic acids is 1. The first-order valence-corrected chi connectivity index (χ1v) is 7.04. The van der Waals surface area contributed by atoms with E-state index >= 15 is 0 Å². The van der Waals surface area contributed by atoms with Gasteiger partial charge in [0.1, 0.15) is 22.5 Å². The minimum atomic E-state index is -1.15. The number of furan rings is 1. The summed E-state index contributed by atoms with van der Waals surface area (Å²) in [5, 5.41) is 20.5. The lowest BCUT2D eigenvalue weighted by Crippen LogP contribution is -2.14. The standard InChI is InChI=1S/C18H20O4/c1-11(19)13-8-12(6-7-17(2,3)20)16-14(9-13)10-15(22-16)18(4,5)21/h8-10,20-21H,1-5H3. The Kier molecular flexibility index (Phi) is 3.90. The Bertz CT molecular complexity index is 787. The molecule has 0 unspecified atom stereocenters. The highest BCUT2D eigenvalue weighted by Gasteiger charge is 2.22. The van der Waals surface area contributed by atoms with Crippen LogP contribution in [0.2, 0.25) is 0 Å². The van der Waals surface area contributed by atoms with E-state index in [1.807, 2.05) is 0 Å². The maximum atomic E-state index is 11.7. The third-order valence-corrected chi connectivity index (χ3v) is 3.13. The minimum Gasteiger partial charge on any atom is -0.457 e. The smallest absolute Gasteiger partial charge is 0.159 e. The van der Waals surface area contributed by atoms with Gasteiger partial charge in [-0.25, -0.2) is 0 Å². The van der Waals surface area contributed by atoms with E-state index in [9.17, 15) is 15.0 Å². The van der Waals surface area contributed by atoms with Gasteiger partial charge in [0, 0.05) is 10.9 Å². The second kappa shape index (κ2) is 5.28. The van der Waals surface area contributed by atoms with Crippen molar-refractivity contribution in [3.8, 4) is 11.8 Å². The number of benzene rings is 1. The molecule has 0 amide bonds. The molecular weight excluding hydrogens is 280 g/mol. The summed E-state index contributed by atoms with van der Waals surface area (Å²) < 4.78 is 5.72. The molecule has 0 bridgehead atoms. The quantitative estimate of drug-likeness (QED) is 0.661. The summed E-state index contributed by atoms with van der Waals surface area (Å²) in [6, 6.07) is 5.06. The molecule has 0 saturated heterocycles. The summed E-state index contributed by atoms with van der Waals surface area (Å²) in [6.07, 6.45) is 0. The highest BCUT2D eigenvalue weighted by atomic mass is 16.4. The number of hydrogen-bond donors (Lipinski definition) is 2. The van der Waals surface area contributed by atoms with Crippen molar-refractivity contribution >= 4 is 16.8 Å². The molecule has 0 aliphatic heterocycles. The number of aliphatic hydroxyl groups is 2. The average Bonchev–Trinajstić information content (AvgIpc) is 2.78. The normalized spacial score (nSPS) is 12.1. The maximum absolute atomic E-state index is 11.7. The molecule has 0 radical (unpaired) electrons. The molecule has 22 heavy (non-hydrogen) atoms. The van der Waals surface area contributed by atoms with Crippen LogP contribution in [-0.2, 0) is 5.60 Å². The van der Waals surface area contributed by atoms with E-state index in [4.69, 9.17) is 4.42 Å². The Labute approximate surface area is 129 Å². The van der Waals surface area contributed by atoms with E-state index in [2.05, 4.69) is 11.8 Å². The number of fused-ring (bicyclic) bond motifs is 1. The molecule has 0 atom stereocenters. The second-order valence-corrected chi connectivity index (χ2v) is 6.48. The Balaban J connectivity index is 2.73. The molecule has 0 aliphatic carbocycles. The molecule has 116 valence electrons. The Hall–Kier alpha value is -2.09. The van der Waals surface area contributed by atoms with Crippen molar-refractivity contribution in [1.29, 1.82) is 0 Å². The molecule has 0 saturated carbocycles. The largest absolute Gasteiger partial charge is 0.457 e. The van der Waals surface area contributed by atoms with Crippen molar-refractivity contribution in [2.24, 2.45) is 0 Å². The van der Waals surface area contributed by atoms with Gasteiger partial charge in [0.2, 0.25) is 0 Å². The van der Waals surface area contributed by atoms with Crippen LogP contribution in [-0.4, -0.2) is 21.6 Å². The van der Waals surface area contributed by atoms with Gasteiger partial charge in [0.15, 0.2) is 5.78 Å². The zero-order valence-corrected chi connectivity index (χ0v) is 13.4. The summed E-state index contributed by atoms with van der Waals surface area (Å²) >= 11 is 0. The van der Waals surface area contributed by atoms with Gasteiger partial charge in [-0.15, -0.1) is 0 Å². The maximum Gasteiger partial charge on any atom is 0.159 e. The van der Waals surface area contributed by atoms with Crippen LogP contribution in [0, 0.1) is 11.8 Å². The molecule has 0 fully saturated rings. The molecule has 2 N–H and O–H groups in total. The first-order chi connectivity index (χ1) is 9.97. The van der Waals surface area contributed by atoms with E-state index < -0.39 is 11.2 Å². The van der Waals surface area contributed by atoms with Crippen molar-refractivity contribution in [2.45, 2.75) is 45.8 Å². The molecule has 1 heterocycles. The lowest BCUT2D eigenvalue weighted by molar-refractivity contribution is 0.0559. The van der Waals surface area contributed by atoms with E-state index in [0.717, 1.165) is 0 Å². The number of rotatable bonds is 2. The Morgan fingerprint density at radius 1 is 1.14 bits per heavy atom. The number of carbonyl (C=O) groups is 1. The summed E-state index contributed by atoms with van der Waals surface area (Å²) in [4.78, 5) is 11.7. The average molecular weight is 300 g/mol. The van der Waals surface area contributed by atoms with Gasteiger partial charge < -0.3 is 14.6 Å². The van der Waals surface area contributed by atoms with Gasteiger partial charge in [-0.05, 0) is 52.8 Å². The molecule has 0 aliphatic rings. The summed E-state index contributed by atoms with van der Waals surface area (Å²) in [5.41, 5.74) is -0.754. The van der Waals surface area contributed by atoms with Crippen LogP contribution in [0.15, 0.2) is 22.6 Å². The zero-order chi connectivity index (χ0) is 16.7. The van der Waals surface area contributed by atoms with Gasteiger partial charge in [0.05, 0.1) is 5.56 Å². The van der Waals surface area contributed by atoms with Gasteiger partial charge in [-0.2, -0.15) is 0 Å². The van der Waals surface area contributed by atoms with E-state index in [0.29, 0.717) is 27.9 Å². The van der Waals surface area contributed by atoms with Gasteiger partial charge in [-0.1, -0.05) is 11.8 Å². The van der Waals surface area contributed by atoms with Gasteiger partial charge in [-0.3, -0.25) is 4.79 Å². The lowest BCUT2D eigenvalue weighted by Gasteiger charge is -2.12. The van der Waals surface area contributed by atoms with Crippen LogP contribution in [0.1, 0.15) is 56.3 Å². The Morgan fingerprint density at radius 3 is 2.27 bits per heavy atom. The van der Waals surface area contributed by atoms with Crippen LogP contribution in [0.3, 0.4) is 0 Å². The number of Topliss-reactive ketones (excluding diaryl/α,β-unsaturated/α-hetero) is 1. The first-order valence-electron chi connectivity index (χ1n) is 7.04. The van der Waals surface area contributed by atoms with E-state index in [1.54, 1.807) is 45.9 Å². The molecule has 1 aromatic heterocycles. The van der Waals surface area contributed by atoms with E-state index in [-0.39, 0.29) is 5.78 Å². The van der Waals surface area contributed by atoms with Crippen LogP contribution >= 0.6 is 0 Å². The first kappa shape index (κ1) is 16.3. The topological polar surface area (TPSA) is 70.7 Å². The zero-order valence-electron chi connectivity index (χ0n) is 13.4. The van der Waals surface area contributed by atoms with Crippen LogP contribution in [0.4, 0.5) is 0 Å². The van der Waals surface area contributed by atoms with Crippen LogP contribution in [0.5, 0.6) is 0 Å². The second-order valence-electron chi connectivity index (χ2n) is 6.48. The lowest BCUT2D eigenvalue weighted by atomic mass is 10.0. The Morgan fingerprint density at radius 2 is 1.77 bits per heavy atom. The van der Waals surface area contributed by atoms with Crippen LogP contribution in [0.25, 0.3) is 11.0 Å². The molecule has 2 aromatic rings. The predicted octanol–water partition coefficient (Wildman–Crippen LogP) is 2.99. The fourth-order valence-corrected chi connectivity index (χ4v) is 1.97. The molecule has 1 aromatic carbocycles. The molecule has 0 spiro atoms.